The van der Waals surface area contributed by atoms with E-state index in [0.717, 1.165) is 0 Å². The minimum atomic E-state index is 0. The van der Waals surface area contributed by atoms with Crippen molar-refractivity contribution in [3.63, 3.8) is 0 Å². The monoisotopic (exact) mass is 710 g/mol. The van der Waals surface area contributed by atoms with E-state index in [1.165, 1.54) is 82.4 Å². The second-order valence-corrected chi connectivity index (χ2v) is 15.0. The summed E-state index contributed by atoms with van der Waals surface area (Å²) < 4.78 is 1.42. The Morgan fingerprint density at radius 2 is 1.04 bits per heavy atom. The third-order valence-electron chi connectivity index (χ3n) is 8.38. The van der Waals surface area contributed by atoms with Crippen LogP contribution in [0.25, 0.3) is 21.5 Å². The van der Waals surface area contributed by atoms with E-state index in [1.807, 2.05) is 0 Å². The Kier molecular flexibility index (Phi) is 14.1. The van der Waals surface area contributed by atoms with E-state index >= 15 is 0 Å². The average Bonchev–Trinajstić information content (AvgIpc) is 3.51. The van der Waals surface area contributed by atoms with Gasteiger partial charge in [-0.05, 0) is 10.8 Å². The normalized spacial score (nSPS) is 14.2. The van der Waals surface area contributed by atoms with Crippen LogP contribution in [-0.4, -0.2) is 3.21 Å². The van der Waals surface area contributed by atoms with Crippen LogP contribution in [0.1, 0.15) is 84.6 Å². The van der Waals surface area contributed by atoms with Gasteiger partial charge in [-0.2, -0.15) is 5.57 Å². The van der Waals surface area contributed by atoms with E-state index in [1.54, 1.807) is 0 Å². The number of hydrogen-bond acceptors (Lipinski definition) is 0. The van der Waals surface area contributed by atoms with Crippen LogP contribution in [0.5, 0.6) is 0 Å². The van der Waals surface area contributed by atoms with Crippen LogP contribution < -0.4 is 24.8 Å². The molecule has 1 unspecified atom stereocenters. The maximum absolute atomic E-state index is 3.22. The van der Waals surface area contributed by atoms with Crippen LogP contribution in [0.3, 0.4) is 0 Å². The maximum atomic E-state index is 3.22. The summed E-state index contributed by atoms with van der Waals surface area (Å²) in [7, 11) is 0. The Labute approximate surface area is 299 Å². The molecule has 0 nitrogen and oxygen atoms in total. The van der Waals surface area contributed by atoms with Gasteiger partial charge >= 0.3 is 99.2 Å². The van der Waals surface area contributed by atoms with Gasteiger partial charge in [-0.3, -0.25) is 6.08 Å². The van der Waals surface area contributed by atoms with Gasteiger partial charge in [0.15, 0.2) is 0 Å². The van der Waals surface area contributed by atoms with Crippen LogP contribution in [0.15, 0.2) is 120 Å². The molecule has 0 radical (unpaired) electrons. The van der Waals surface area contributed by atoms with Gasteiger partial charge in [0.25, 0.3) is 0 Å². The summed E-state index contributed by atoms with van der Waals surface area (Å²) >= 11 is 1.46. The van der Waals surface area contributed by atoms with E-state index in [9.17, 15) is 0 Å². The molecule has 1 aliphatic rings. The Bertz CT molecular complexity index is 1650. The molecule has 0 heterocycles. The minimum absolute atomic E-state index is 0. The van der Waals surface area contributed by atoms with E-state index in [0.29, 0.717) is 5.92 Å². The van der Waals surface area contributed by atoms with Crippen LogP contribution in [-0.2, 0) is 35.1 Å². The Morgan fingerprint density at radius 1 is 0.644 bits per heavy atom. The summed E-state index contributed by atoms with van der Waals surface area (Å²) in [5.74, 6) is 0.565. The molecule has 1 aliphatic carbocycles. The number of hydrogen-bond donors (Lipinski definition) is 0. The van der Waals surface area contributed by atoms with Gasteiger partial charge in [-0.25, -0.2) is 11.6 Å². The summed E-state index contributed by atoms with van der Waals surface area (Å²) in [5.41, 5.74) is 8.72. The molecule has 0 bridgehead atoms. The van der Waals surface area contributed by atoms with Crippen LogP contribution in [0, 0.1) is 12.0 Å². The third-order valence-corrected chi connectivity index (χ3v) is 9.80. The molecular weight excluding hydrogens is 667 g/mol. The first-order valence-corrected chi connectivity index (χ1v) is 16.6. The first-order chi connectivity index (χ1) is 20.3. The molecule has 0 aliphatic heterocycles. The predicted octanol–water partition coefficient (Wildman–Crippen LogP) is 5.45. The fraction of sp³-hybridized carbons (Fsp3) is 0.286. The number of benzene rings is 4. The van der Waals surface area contributed by atoms with E-state index in [2.05, 4.69) is 178 Å². The van der Waals surface area contributed by atoms with Gasteiger partial charge in [0.2, 0.25) is 0 Å². The van der Waals surface area contributed by atoms with Gasteiger partial charge in [0.1, 0.15) is 0 Å². The van der Waals surface area contributed by atoms with Crippen molar-refractivity contribution in [3.8, 4) is 0 Å². The first kappa shape index (κ1) is 38.7. The van der Waals surface area contributed by atoms with E-state index < -0.39 is 0 Å². The van der Waals surface area contributed by atoms with Gasteiger partial charge in [0.05, 0.1) is 0 Å². The van der Waals surface area contributed by atoms with Gasteiger partial charge in [0, 0.05) is 0 Å². The summed E-state index contributed by atoms with van der Waals surface area (Å²) in [6.07, 6.45) is 5.29. The summed E-state index contributed by atoms with van der Waals surface area (Å²) in [6, 6.07) is 37.3. The number of rotatable bonds is 2. The van der Waals surface area contributed by atoms with Crippen molar-refractivity contribution in [1.29, 1.82) is 0 Å². The summed E-state index contributed by atoms with van der Waals surface area (Å²) in [4.78, 5) is 0. The SMILES string of the molecule is CC(C)(C)c1ccc2c(c1)[cH-]c1cc(C(C)(C)C)ccc12.CC1=C(C)C(C)[C-]=C1.[Cl-].[Cl-].[Zr+2]=[C](c1ccccc1)c1ccccc1. The molecule has 3 heteroatoms. The standard InChI is InChI=1S/C21H25.C13H10.C8H11.2ClH.Zr/c1-20(2,3)16-7-9-18-14(12-16)11-15-13-17(21(4,5)6)8-10-19(15)18;1-3-7-12(8-4-1)11-13-9-5-2-6-10-13;1-6-4-5-7(2)8(6)3;;;/h7-13H,1-6H3;1-10H;4,7H,1-3H3;2*1H;/q-1;;-1;;;+2/p-2. The molecule has 0 aromatic heterocycles. The number of allylic oxidation sites excluding steroid dienone is 4. The zero-order valence-corrected chi connectivity index (χ0v) is 32.2. The molecule has 0 fully saturated rings. The van der Waals surface area contributed by atoms with Crippen LogP contribution in [0.4, 0.5) is 0 Å². The third kappa shape index (κ3) is 10.0. The molecule has 45 heavy (non-hydrogen) atoms. The molecular formula is C42H46Cl2Zr-2. The number of fused-ring (bicyclic) bond motifs is 3. The van der Waals surface area contributed by atoms with Crippen molar-refractivity contribution >= 4 is 24.8 Å². The Hall–Kier alpha value is -2.44. The molecule has 0 saturated heterocycles. The van der Waals surface area contributed by atoms with Crippen molar-refractivity contribution in [2.45, 2.75) is 73.1 Å². The van der Waals surface area contributed by atoms with Crippen molar-refractivity contribution in [1.82, 2.24) is 0 Å². The molecule has 0 amide bonds. The van der Waals surface area contributed by atoms with E-state index in [-0.39, 0.29) is 35.6 Å². The van der Waals surface area contributed by atoms with Gasteiger partial charge in [-0.1, -0.05) is 96.7 Å². The van der Waals surface area contributed by atoms with Gasteiger partial charge in [-0.15, -0.1) is 46.7 Å². The first-order valence-electron chi connectivity index (χ1n) is 15.4. The molecule has 5 aromatic rings. The second kappa shape index (κ2) is 16.4. The topological polar surface area (TPSA) is 0 Å². The van der Waals surface area contributed by atoms with E-state index in [4.69, 9.17) is 0 Å². The average molecular weight is 713 g/mol. The fourth-order valence-corrected chi connectivity index (χ4v) is 5.98. The predicted molar refractivity (Wildman–Crippen MR) is 186 cm³/mol. The molecule has 1 atom stereocenters. The van der Waals surface area contributed by atoms with Crippen molar-refractivity contribution < 1.29 is 49.0 Å². The van der Waals surface area contributed by atoms with Crippen molar-refractivity contribution in [3.05, 3.63) is 149 Å². The summed E-state index contributed by atoms with van der Waals surface area (Å²) in [6.45, 7) is 20.1. The summed E-state index contributed by atoms with van der Waals surface area (Å²) in [5, 5.41) is 5.48. The van der Waals surface area contributed by atoms with Crippen molar-refractivity contribution in [2.24, 2.45) is 5.92 Å². The molecule has 0 saturated carbocycles. The molecule has 234 valence electrons. The fourth-order valence-electron chi connectivity index (χ4n) is 5.16. The molecule has 0 N–H and O–H groups in total. The zero-order valence-electron chi connectivity index (χ0n) is 28.2. The zero-order chi connectivity index (χ0) is 31.4. The van der Waals surface area contributed by atoms with Crippen LogP contribution >= 0.6 is 0 Å². The quantitative estimate of drug-likeness (QED) is 0.214. The molecule has 0 spiro atoms. The number of halogens is 2. The second-order valence-electron chi connectivity index (χ2n) is 13.8. The molecule has 6 rings (SSSR count). The Balaban J connectivity index is 0.000000254. The van der Waals surface area contributed by atoms with Gasteiger partial charge < -0.3 is 24.8 Å². The van der Waals surface area contributed by atoms with Crippen molar-refractivity contribution in [2.75, 3.05) is 0 Å². The Morgan fingerprint density at radius 3 is 1.33 bits per heavy atom. The molecule has 5 aromatic carbocycles. The van der Waals surface area contributed by atoms with Crippen LogP contribution in [0.2, 0.25) is 0 Å².